The van der Waals surface area contributed by atoms with Gasteiger partial charge in [-0.15, -0.1) is 21.5 Å². The quantitative estimate of drug-likeness (QED) is 0.344. The fourth-order valence-electron chi connectivity index (χ4n) is 3.16. The second kappa shape index (κ2) is 11.2. The Balaban J connectivity index is 1.76. The van der Waals surface area contributed by atoms with Gasteiger partial charge in [0, 0.05) is 12.1 Å². The molecule has 0 aliphatic rings. The lowest BCUT2D eigenvalue weighted by molar-refractivity contribution is -0.113. The number of esters is 2. The van der Waals surface area contributed by atoms with E-state index in [1.54, 1.807) is 14.0 Å². The molecular formula is C22H24N4O6S2. The SMILES string of the molecule is CCn1c(SCC(=O)Nc2sc(C(=O)OC)c(C)c2C(=O)OC)nnc1-c1ccc(OC)cc1. The Morgan fingerprint density at radius 2 is 1.74 bits per heavy atom. The Kier molecular flexibility index (Phi) is 8.29. The number of aromatic nitrogens is 3. The number of methoxy groups -OCH3 is 3. The van der Waals surface area contributed by atoms with Gasteiger partial charge in [-0.25, -0.2) is 9.59 Å². The van der Waals surface area contributed by atoms with Crippen LogP contribution in [-0.4, -0.2) is 59.7 Å². The highest BCUT2D eigenvalue weighted by Crippen LogP contribution is 2.34. The van der Waals surface area contributed by atoms with E-state index >= 15 is 0 Å². The molecular weight excluding hydrogens is 480 g/mol. The molecule has 0 spiro atoms. The summed E-state index contributed by atoms with van der Waals surface area (Å²) in [6, 6.07) is 7.47. The molecule has 3 rings (SSSR count). The maximum atomic E-state index is 12.7. The van der Waals surface area contributed by atoms with Crippen molar-refractivity contribution in [2.45, 2.75) is 25.5 Å². The van der Waals surface area contributed by atoms with E-state index in [4.69, 9.17) is 14.2 Å². The number of nitrogens with one attached hydrogen (secondary N) is 1. The maximum Gasteiger partial charge on any atom is 0.348 e. The average molecular weight is 505 g/mol. The molecule has 0 aliphatic carbocycles. The Bertz CT molecular complexity index is 1200. The molecule has 0 atom stereocenters. The largest absolute Gasteiger partial charge is 0.497 e. The van der Waals surface area contributed by atoms with Crippen LogP contribution >= 0.6 is 23.1 Å². The molecule has 1 aromatic carbocycles. The number of rotatable bonds is 9. The van der Waals surface area contributed by atoms with Gasteiger partial charge in [0.1, 0.15) is 15.6 Å². The predicted molar refractivity (Wildman–Crippen MR) is 129 cm³/mol. The zero-order valence-corrected chi connectivity index (χ0v) is 21.0. The van der Waals surface area contributed by atoms with E-state index in [1.165, 1.54) is 26.0 Å². The highest BCUT2D eigenvalue weighted by Gasteiger charge is 2.27. The summed E-state index contributed by atoms with van der Waals surface area (Å²) < 4.78 is 16.7. The van der Waals surface area contributed by atoms with E-state index in [-0.39, 0.29) is 27.1 Å². The van der Waals surface area contributed by atoms with Crippen LogP contribution in [0.25, 0.3) is 11.4 Å². The second-order valence-corrected chi connectivity index (χ2v) is 8.82. The summed E-state index contributed by atoms with van der Waals surface area (Å²) in [5.74, 6) is -0.178. The first kappa shape index (κ1) is 25.2. The van der Waals surface area contributed by atoms with E-state index < -0.39 is 11.9 Å². The molecule has 12 heteroatoms. The lowest BCUT2D eigenvalue weighted by atomic mass is 10.1. The maximum absolute atomic E-state index is 12.7. The van der Waals surface area contributed by atoms with Crippen LogP contribution in [-0.2, 0) is 20.8 Å². The van der Waals surface area contributed by atoms with Crippen molar-refractivity contribution in [3.8, 4) is 17.1 Å². The van der Waals surface area contributed by atoms with Gasteiger partial charge in [0.15, 0.2) is 11.0 Å². The normalized spacial score (nSPS) is 10.6. The second-order valence-electron chi connectivity index (χ2n) is 6.86. The first-order chi connectivity index (χ1) is 16.3. The third-order valence-corrected chi connectivity index (χ3v) is 7.03. The van der Waals surface area contributed by atoms with E-state index in [1.807, 2.05) is 35.8 Å². The first-order valence-electron chi connectivity index (χ1n) is 10.1. The number of hydrogen-bond acceptors (Lipinski definition) is 10. The number of thiophene rings is 1. The summed E-state index contributed by atoms with van der Waals surface area (Å²) in [7, 11) is 4.08. The summed E-state index contributed by atoms with van der Waals surface area (Å²) in [6.45, 7) is 4.17. The molecule has 1 N–H and O–H groups in total. The molecule has 0 unspecified atom stereocenters. The lowest BCUT2D eigenvalue weighted by Gasteiger charge is -2.08. The molecule has 2 aromatic heterocycles. The van der Waals surface area contributed by atoms with Crippen LogP contribution in [0.1, 0.15) is 32.5 Å². The third kappa shape index (κ3) is 5.23. The van der Waals surface area contributed by atoms with Crippen molar-refractivity contribution in [2.24, 2.45) is 0 Å². The minimum absolute atomic E-state index is 0.0197. The molecule has 1 amide bonds. The summed E-state index contributed by atoms with van der Waals surface area (Å²) >= 11 is 2.18. The van der Waals surface area contributed by atoms with Gasteiger partial charge in [-0.2, -0.15) is 0 Å². The number of hydrogen-bond donors (Lipinski definition) is 1. The van der Waals surface area contributed by atoms with Gasteiger partial charge in [-0.3, -0.25) is 4.79 Å². The van der Waals surface area contributed by atoms with Gasteiger partial charge in [0.05, 0.1) is 32.6 Å². The number of nitrogens with zero attached hydrogens (tertiary/aromatic N) is 3. The molecule has 0 fully saturated rings. The van der Waals surface area contributed by atoms with Crippen molar-refractivity contribution in [3.63, 3.8) is 0 Å². The molecule has 0 aliphatic heterocycles. The number of carbonyl (C=O) groups excluding carboxylic acids is 3. The minimum atomic E-state index is -0.651. The average Bonchev–Trinajstić information content (AvgIpc) is 3.42. The minimum Gasteiger partial charge on any atom is -0.497 e. The Labute approximate surface area is 204 Å². The van der Waals surface area contributed by atoms with Crippen LogP contribution in [0.4, 0.5) is 5.00 Å². The summed E-state index contributed by atoms with van der Waals surface area (Å²) in [6.07, 6.45) is 0. The van der Waals surface area contributed by atoms with E-state index in [0.29, 0.717) is 23.1 Å². The van der Waals surface area contributed by atoms with Crippen LogP contribution in [0.5, 0.6) is 5.75 Å². The fourth-order valence-corrected chi connectivity index (χ4v) is 5.10. The molecule has 0 bridgehead atoms. The van der Waals surface area contributed by atoms with Crippen molar-refractivity contribution in [1.82, 2.24) is 14.8 Å². The summed E-state index contributed by atoms with van der Waals surface area (Å²) in [5.41, 5.74) is 1.39. The predicted octanol–water partition coefficient (Wildman–Crippen LogP) is 3.65. The van der Waals surface area contributed by atoms with Crippen molar-refractivity contribution in [2.75, 3.05) is 32.4 Å². The smallest absolute Gasteiger partial charge is 0.348 e. The highest BCUT2D eigenvalue weighted by molar-refractivity contribution is 7.99. The number of benzene rings is 1. The monoisotopic (exact) mass is 504 g/mol. The zero-order chi connectivity index (χ0) is 24.8. The van der Waals surface area contributed by atoms with Gasteiger partial charge in [0.2, 0.25) is 5.91 Å². The molecule has 34 heavy (non-hydrogen) atoms. The number of amides is 1. The number of ether oxygens (including phenoxy) is 3. The molecule has 180 valence electrons. The number of anilines is 1. The highest BCUT2D eigenvalue weighted by atomic mass is 32.2. The van der Waals surface area contributed by atoms with Crippen LogP contribution in [0, 0.1) is 6.92 Å². The number of carbonyl (C=O) groups is 3. The lowest BCUT2D eigenvalue weighted by Crippen LogP contribution is -2.16. The van der Waals surface area contributed by atoms with Crippen LogP contribution < -0.4 is 10.1 Å². The van der Waals surface area contributed by atoms with Crippen molar-refractivity contribution >= 4 is 45.9 Å². The Hall–Kier alpha value is -3.38. The van der Waals surface area contributed by atoms with Gasteiger partial charge in [0.25, 0.3) is 0 Å². The van der Waals surface area contributed by atoms with Crippen LogP contribution in [0.15, 0.2) is 29.4 Å². The van der Waals surface area contributed by atoms with Gasteiger partial charge >= 0.3 is 11.9 Å². The van der Waals surface area contributed by atoms with Crippen molar-refractivity contribution in [3.05, 3.63) is 40.3 Å². The van der Waals surface area contributed by atoms with E-state index in [2.05, 4.69) is 15.5 Å². The first-order valence-corrected chi connectivity index (χ1v) is 11.9. The van der Waals surface area contributed by atoms with Gasteiger partial charge in [-0.1, -0.05) is 11.8 Å². The standard InChI is InChI=1S/C22H24N4O6S2/c1-6-26-18(13-7-9-14(30-3)10-8-13)24-25-22(26)33-11-15(27)23-19-16(20(28)31-4)12(2)17(34-19)21(29)32-5/h7-10H,6,11H2,1-5H3,(H,23,27). The van der Waals surface area contributed by atoms with Gasteiger partial charge < -0.3 is 24.1 Å². The van der Waals surface area contributed by atoms with Crippen LogP contribution in [0.3, 0.4) is 0 Å². The number of thioether (sulfide) groups is 1. The van der Waals surface area contributed by atoms with Crippen LogP contribution in [0.2, 0.25) is 0 Å². The molecule has 10 nitrogen and oxygen atoms in total. The fraction of sp³-hybridized carbons (Fsp3) is 0.318. The topological polar surface area (TPSA) is 122 Å². The zero-order valence-electron chi connectivity index (χ0n) is 19.3. The molecule has 0 radical (unpaired) electrons. The van der Waals surface area contributed by atoms with E-state index in [0.717, 1.165) is 22.6 Å². The summed E-state index contributed by atoms with van der Waals surface area (Å²) in [4.78, 5) is 37.2. The molecule has 2 heterocycles. The summed E-state index contributed by atoms with van der Waals surface area (Å²) in [5, 5.41) is 12.0. The van der Waals surface area contributed by atoms with Crippen molar-refractivity contribution in [1.29, 1.82) is 0 Å². The molecule has 0 saturated heterocycles. The van der Waals surface area contributed by atoms with E-state index in [9.17, 15) is 14.4 Å². The third-order valence-electron chi connectivity index (χ3n) is 4.87. The van der Waals surface area contributed by atoms with Crippen molar-refractivity contribution < 1.29 is 28.6 Å². The Morgan fingerprint density at radius 3 is 2.32 bits per heavy atom. The Morgan fingerprint density at radius 1 is 1.06 bits per heavy atom. The molecule has 0 saturated carbocycles. The molecule has 3 aromatic rings. The van der Waals surface area contributed by atoms with Gasteiger partial charge in [-0.05, 0) is 43.7 Å².